The Kier molecular flexibility index (Phi) is 6.16. The van der Waals surface area contributed by atoms with Gasteiger partial charge in [-0.05, 0) is 46.5 Å². The number of benzene rings is 2. The highest BCUT2D eigenvalue weighted by molar-refractivity contribution is 5.93. The van der Waals surface area contributed by atoms with E-state index in [-0.39, 0.29) is 24.3 Å². The summed E-state index contributed by atoms with van der Waals surface area (Å²) >= 11 is 0. The third-order valence-corrected chi connectivity index (χ3v) is 4.94. The van der Waals surface area contributed by atoms with Crippen molar-refractivity contribution in [3.05, 3.63) is 47.5 Å². The van der Waals surface area contributed by atoms with E-state index in [9.17, 15) is 14.4 Å². The maximum Gasteiger partial charge on any atom is 0.406 e. The van der Waals surface area contributed by atoms with Crippen molar-refractivity contribution in [2.45, 2.75) is 32.6 Å². The minimum atomic E-state index is -0.508. The molecule has 0 bridgehead atoms. The lowest BCUT2D eigenvalue weighted by Crippen LogP contribution is -2.22. The van der Waals surface area contributed by atoms with Crippen molar-refractivity contribution in [1.29, 1.82) is 0 Å². The summed E-state index contributed by atoms with van der Waals surface area (Å²) < 4.78 is 5.35. The number of fused-ring (bicyclic) bond motifs is 3. The summed E-state index contributed by atoms with van der Waals surface area (Å²) in [5.74, 6) is -0.333. The molecule has 0 saturated heterocycles. The second-order valence-electron chi connectivity index (χ2n) is 6.81. The number of hydrogen-bond donors (Lipinski definition) is 3. The van der Waals surface area contributed by atoms with Gasteiger partial charge in [-0.3, -0.25) is 9.59 Å². The molecule has 7 nitrogen and oxygen atoms in total. The Labute approximate surface area is 169 Å². The number of anilines is 2. The maximum atomic E-state index is 11.8. The molecule has 0 aromatic heterocycles. The molecule has 0 atom stereocenters. The lowest BCUT2D eigenvalue weighted by Gasteiger charge is -2.16. The Bertz CT molecular complexity index is 888. The SMILES string of the molecule is CCC(=O)Nc1ccc2c(c1)C(COC(=O)NC)c1cc(NC(=O)CC)ccc1-2. The largest absolute Gasteiger partial charge is 0.449 e. The molecule has 0 heterocycles. The lowest BCUT2D eigenvalue weighted by atomic mass is 9.97. The van der Waals surface area contributed by atoms with Crippen LogP contribution in [0.3, 0.4) is 0 Å². The maximum absolute atomic E-state index is 11.8. The van der Waals surface area contributed by atoms with E-state index in [0.29, 0.717) is 24.2 Å². The van der Waals surface area contributed by atoms with Crippen molar-refractivity contribution in [1.82, 2.24) is 5.32 Å². The van der Waals surface area contributed by atoms with E-state index >= 15 is 0 Å². The van der Waals surface area contributed by atoms with Crippen LogP contribution in [0.15, 0.2) is 36.4 Å². The number of nitrogens with one attached hydrogen (secondary N) is 3. The fourth-order valence-electron chi connectivity index (χ4n) is 3.43. The smallest absolute Gasteiger partial charge is 0.406 e. The third-order valence-electron chi connectivity index (χ3n) is 4.94. The molecule has 1 aliphatic rings. The van der Waals surface area contributed by atoms with E-state index < -0.39 is 6.09 Å². The van der Waals surface area contributed by atoms with Crippen LogP contribution in [0.2, 0.25) is 0 Å². The summed E-state index contributed by atoms with van der Waals surface area (Å²) in [7, 11) is 1.51. The topological polar surface area (TPSA) is 96.5 Å². The number of hydrogen-bond acceptors (Lipinski definition) is 4. The first-order chi connectivity index (χ1) is 14.0. The highest BCUT2D eigenvalue weighted by Crippen LogP contribution is 2.46. The molecule has 3 rings (SSSR count). The Hall–Kier alpha value is -3.35. The van der Waals surface area contributed by atoms with Gasteiger partial charge >= 0.3 is 6.09 Å². The van der Waals surface area contributed by atoms with Gasteiger partial charge in [0.15, 0.2) is 0 Å². The van der Waals surface area contributed by atoms with Crippen molar-refractivity contribution in [2.24, 2.45) is 0 Å². The zero-order chi connectivity index (χ0) is 21.0. The van der Waals surface area contributed by atoms with Gasteiger partial charge in [-0.1, -0.05) is 26.0 Å². The van der Waals surface area contributed by atoms with Crippen molar-refractivity contribution in [2.75, 3.05) is 24.3 Å². The van der Waals surface area contributed by atoms with Gasteiger partial charge in [0.25, 0.3) is 0 Å². The van der Waals surface area contributed by atoms with Crippen molar-refractivity contribution in [3.8, 4) is 11.1 Å². The lowest BCUT2D eigenvalue weighted by molar-refractivity contribution is -0.116. The Morgan fingerprint density at radius 1 is 0.862 bits per heavy atom. The van der Waals surface area contributed by atoms with Crippen LogP contribution in [0.5, 0.6) is 0 Å². The Morgan fingerprint density at radius 2 is 1.34 bits per heavy atom. The fourth-order valence-corrected chi connectivity index (χ4v) is 3.43. The van der Waals surface area contributed by atoms with Crippen molar-refractivity contribution < 1.29 is 19.1 Å². The van der Waals surface area contributed by atoms with E-state index in [0.717, 1.165) is 22.3 Å². The normalized spacial score (nSPS) is 12.0. The molecule has 2 aromatic carbocycles. The quantitative estimate of drug-likeness (QED) is 0.692. The monoisotopic (exact) mass is 395 g/mol. The predicted octanol–water partition coefficient (Wildman–Crippen LogP) is 3.85. The molecule has 0 aliphatic heterocycles. The first-order valence-corrected chi connectivity index (χ1v) is 9.69. The summed E-state index contributed by atoms with van der Waals surface area (Å²) in [5, 5.41) is 8.20. The molecular formula is C22H25N3O4. The number of carbonyl (C=O) groups is 3. The standard InChI is InChI=1S/C22H25N3O4/c1-4-20(26)24-13-6-8-15-16-9-7-14(25-21(27)5-2)11-18(16)19(17(15)10-13)12-29-22(28)23-3/h6-11,19H,4-5,12H2,1-3H3,(H,23,28)(H,24,26)(H,25,27). The molecular weight excluding hydrogens is 370 g/mol. The summed E-state index contributed by atoms with van der Waals surface area (Å²) in [5.41, 5.74) is 5.39. The Balaban J connectivity index is 1.99. The minimum Gasteiger partial charge on any atom is -0.449 e. The summed E-state index contributed by atoms with van der Waals surface area (Å²) in [6.45, 7) is 3.74. The van der Waals surface area contributed by atoms with Gasteiger partial charge < -0.3 is 20.7 Å². The molecule has 7 heteroatoms. The van der Waals surface area contributed by atoms with Crippen LogP contribution in [0.1, 0.15) is 43.7 Å². The van der Waals surface area contributed by atoms with Gasteiger partial charge in [0.05, 0.1) is 0 Å². The summed E-state index contributed by atoms with van der Waals surface area (Å²) in [6.07, 6.45) is 0.271. The van der Waals surface area contributed by atoms with E-state index in [2.05, 4.69) is 16.0 Å². The molecule has 3 amide bonds. The molecule has 0 unspecified atom stereocenters. The van der Waals surface area contributed by atoms with Crippen molar-refractivity contribution >= 4 is 29.3 Å². The van der Waals surface area contributed by atoms with Gasteiger partial charge in [-0.15, -0.1) is 0 Å². The average molecular weight is 395 g/mol. The highest BCUT2D eigenvalue weighted by atomic mass is 16.5. The van der Waals surface area contributed by atoms with E-state index in [1.165, 1.54) is 7.05 Å². The number of ether oxygens (including phenoxy) is 1. The number of rotatable bonds is 6. The molecule has 0 spiro atoms. The van der Waals surface area contributed by atoms with Crippen LogP contribution in [0.25, 0.3) is 11.1 Å². The molecule has 2 aromatic rings. The van der Waals surface area contributed by atoms with Crippen molar-refractivity contribution in [3.63, 3.8) is 0 Å². The Morgan fingerprint density at radius 3 is 1.76 bits per heavy atom. The average Bonchev–Trinajstić information content (AvgIpc) is 3.03. The predicted molar refractivity (Wildman–Crippen MR) is 112 cm³/mol. The van der Waals surface area contributed by atoms with Gasteiger partial charge in [0, 0.05) is 37.2 Å². The van der Waals surface area contributed by atoms with E-state index in [4.69, 9.17) is 4.74 Å². The number of amides is 3. The van der Waals surface area contributed by atoms with Crippen LogP contribution in [-0.4, -0.2) is 31.6 Å². The molecule has 1 aliphatic carbocycles. The van der Waals surface area contributed by atoms with Crippen LogP contribution in [-0.2, 0) is 14.3 Å². The molecule has 152 valence electrons. The van der Waals surface area contributed by atoms with E-state index in [1.54, 1.807) is 13.8 Å². The first-order valence-electron chi connectivity index (χ1n) is 9.69. The summed E-state index contributed by atoms with van der Waals surface area (Å²) in [6, 6.07) is 11.5. The molecule has 0 radical (unpaired) electrons. The van der Waals surface area contributed by atoms with Gasteiger partial charge in [0.2, 0.25) is 11.8 Å². The number of carbonyl (C=O) groups excluding carboxylic acids is 3. The highest BCUT2D eigenvalue weighted by Gasteiger charge is 2.30. The number of alkyl carbamates (subject to hydrolysis) is 1. The molecule has 0 saturated carbocycles. The molecule has 0 fully saturated rings. The zero-order valence-corrected chi connectivity index (χ0v) is 16.8. The second kappa shape index (κ2) is 8.77. The first kappa shape index (κ1) is 20.4. The van der Waals surface area contributed by atoms with Gasteiger partial charge in [-0.25, -0.2) is 4.79 Å². The summed E-state index contributed by atoms with van der Waals surface area (Å²) in [4.78, 5) is 35.2. The zero-order valence-electron chi connectivity index (χ0n) is 16.8. The molecule has 29 heavy (non-hydrogen) atoms. The minimum absolute atomic E-state index is 0.0665. The molecule has 3 N–H and O–H groups in total. The van der Waals surface area contributed by atoms with E-state index in [1.807, 2.05) is 36.4 Å². The van der Waals surface area contributed by atoms with Crippen LogP contribution in [0, 0.1) is 0 Å². The third kappa shape index (κ3) is 4.39. The van der Waals surface area contributed by atoms with Crippen LogP contribution < -0.4 is 16.0 Å². The van der Waals surface area contributed by atoms with Gasteiger partial charge in [0.1, 0.15) is 6.61 Å². The van der Waals surface area contributed by atoms with Crippen LogP contribution in [0.4, 0.5) is 16.2 Å². The second-order valence-corrected chi connectivity index (χ2v) is 6.81. The van der Waals surface area contributed by atoms with Gasteiger partial charge in [-0.2, -0.15) is 0 Å². The van der Waals surface area contributed by atoms with Crippen LogP contribution >= 0.6 is 0 Å². The fraction of sp³-hybridized carbons (Fsp3) is 0.318.